The molecule has 5 heteroatoms. The van der Waals surface area contributed by atoms with Crippen molar-refractivity contribution in [3.8, 4) is 11.1 Å². The second-order valence-corrected chi connectivity index (χ2v) is 6.76. The zero-order chi connectivity index (χ0) is 18.5. The van der Waals surface area contributed by atoms with Gasteiger partial charge in [0.2, 0.25) is 11.8 Å². The molecule has 0 aliphatic carbocycles. The number of benzene rings is 2. The van der Waals surface area contributed by atoms with E-state index in [1.807, 2.05) is 35.2 Å². The lowest BCUT2D eigenvalue weighted by Gasteiger charge is -2.30. The minimum absolute atomic E-state index is 0.0851. The molecule has 1 aliphatic heterocycles. The zero-order valence-corrected chi connectivity index (χ0v) is 14.9. The van der Waals surface area contributed by atoms with Crippen LogP contribution in [0.25, 0.3) is 11.1 Å². The lowest BCUT2D eigenvalue weighted by molar-refractivity contribution is -0.130. The first kappa shape index (κ1) is 18.1. The van der Waals surface area contributed by atoms with Crippen LogP contribution < -0.4 is 5.32 Å². The number of halogens is 1. The van der Waals surface area contributed by atoms with Crippen molar-refractivity contribution < 1.29 is 14.0 Å². The van der Waals surface area contributed by atoms with Gasteiger partial charge in [-0.2, -0.15) is 0 Å². The van der Waals surface area contributed by atoms with Crippen molar-refractivity contribution in [3.63, 3.8) is 0 Å². The third kappa shape index (κ3) is 4.48. The maximum absolute atomic E-state index is 14.4. The molecule has 4 nitrogen and oxygen atoms in total. The van der Waals surface area contributed by atoms with Crippen molar-refractivity contribution in [2.75, 3.05) is 18.4 Å². The summed E-state index contributed by atoms with van der Waals surface area (Å²) in [7, 11) is 0. The molecule has 0 radical (unpaired) electrons. The normalized spacial score (nSPS) is 14.9. The number of amides is 2. The van der Waals surface area contributed by atoms with Crippen molar-refractivity contribution in [2.24, 2.45) is 5.92 Å². The van der Waals surface area contributed by atoms with Gasteiger partial charge >= 0.3 is 0 Å². The van der Waals surface area contributed by atoms with Gasteiger partial charge in [-0.3, -0.25) is 9.59 Å². The summed E-state index contributed by atoms with van der Waals surface area (Å²) in [6.45, 7) is 2.97. The van der Waals surface area contributed by atoms with E-state index in [-0.39, 0.29) is 23.5 Å². The lowest BCUT2D eigenvalue weighted by Crippen LogP contribution is -2.37. The standard InChI is InChI=1S/C21H23FN2O2/c1-15(25)24-11-9-16(10-12-24)13-21(26)23-18-7-8-19(20(22)14-18)17-5-3-2-4-6-17/h2-8,14,16H,9-13H2,1H3,(H,23,26). The number of rotatable bonds is 4. The summed E-state index contributed by atoms with van der Waals surface area (Å²) in [6.07, 6.45) is 2.05. The highest BCUT2D eigenvalue weighted by Gasteiger charge is 2.22. The van der Waals surface area contributed by atoms with Crippen molar-refractivity contribution >= 4 is 17.5 Å². The van der Waals surface area contributed by atoms with E-state index in [0.717, 1.165) is 18.4 Å². The molecule has 1 N–H and O–H groups in total. The Morgan fingerprint density at radius 1 is 1.12 bits per heavy atom. The first-order chi connectivity index (χ1) is 12.5. The van der Waals surface area contributed by atoms with E-state index < -0.39 is 0 Å². The van der Waals surface area contributed by atoms with E-state index >= 15 is 0 Å². The molecule has 0 saturated carbocycles. The fraction of sp³-hybridized carbons (Fsp3) is 0.333. The van der Waals surface area contributed by atoms with Gasteiger partial charge in [0.25, 0.3) is 0 Å². The Balaban J connectivity index is 1.57. The monoisotopic (exact) mass is 354 g/mol. The van der Waals surface area contributed by atoms with Crippen LogP contribution in [0.4, 0.5) is 10.1 Å². The van der Waals surface area contributed by atoms with Gasteiger partial charge in [0.05, 0.1) is 0 Å². The predicted octanol–water partition coefficient (Wildman–Crippen LogP) is 4.08. The molecule has 0 bridgehead atoms. The largest absolute Gasteiger partial charge is 0.343 e. The Labute approximate surface area is 153 Å². The first-order valence-corrected chi connectivity index (χ1v) is 8.93. The molecular formula is C21H23FN2O2. The zero-order valence-electron chi connectivity index (χ0n) is 14.9. The molecule has 0 unspecified atom stereocenters. The first-order valence-electron chi connectivity index (χ1n) is 8.93. The van der Waals surface area contributed by atoms with Crippen LogP contribution in [-0.2, 0) is 9.59 Å². The van der Waals surface area contributed by atoms with Gasteiger partial charge in [-0.25, -0.2) is 4.39 Å². The average Bonchev–Trinajstić information content (AvgIpc) is 2.63. The van der Waals surface area contributed by atoms with Gasteiger partial charge in [0.15, 0.2) is 0 Å². The molecule has 0 atom stereocenters. The van der Waals surface area contributed by atoms with Crippen LogP contribution in [-0.4, -0.2) is 29.8 Å². The Morgan fingerprint density at radius 3 is 2.42 bits per heavy atom. The molecule has 1 saturated heterocycles. The van der Waals surface area contributed by atoms with Gasteiger partial charge in [-0.05, 0) is 42.5 Å². The SMILES string of the molecule is CC(=O)N1CCC(CC(=O)Nc2ccc(-c3ccccc3)c(F)c2)CC1. The van der Waals surface area contributed by atoms with E-state index in [4.69, 9.17) is 0 Å². The number of piperidine rings is 1. The minimum Gasteiger partial charge on any atom is -0.343 e. The molecule has 2 aromatic rings. The highest BCUT2D eigenvalue weighted by atomic mass is 19.1. The quantitative estimate of drug-likeness (QED) is 0.899. The van der Waals surface area contributed by atoms with Crippen LogP contribution in [0.2, 0.25) is 0 Å². The lowest BCUT2D eigenvalue weighted by atomic mass is 9.93. The summed E-state index contributed by atoms with van der Waals surface area (Å²) in [5.41, 5.74) is 1.79. The fourth-order valence-corrected chi connectivity index (χ4v) is 3.37. The van der Waals surface area contributed by atoms with Crippen molar-refractivity contribution in [1.82, 2.24) is 4.90 Å². The van der Waals surface area contributed by atoms with E-state index in [9.17, 15) is 14.0 Å². The average molecular weight is 354 g/mol. The highest BCUT2D eigenvalue weighted by Crippen LogP contribution is 2.26. The van der Waals surface area contributed by atoms with E-state index in [0.29, 0.717) is 30.8 Å². The van der Waals surface area contributed by atoms with Gasteiger partial charge in [0.1, 0.15) is 5.82 Å². The van der Waals surface area contributed by atoms with Crippen molar-refractivity contribution in [3.05, 3.63) is 54.3 Å². The second kappa shape index (κ2) is 8.13. The van der Waals surface area contributed by atoms with E-state index in [1.165, 1.54) is 6.07 Å². The van der Waals surface area contributed by atoms with Gasteiger partial charge in [-0.15, -0.1) is 0 Å². The number of carbonyl (C=O) groups excluding carboxylic acids is 2. The summed E-state index contributed by atoms with van der Waals surface area (Å²) >= 11 is 0. The molecule has 0 aromatic heterocycles. The molecule has 3 rings (SSSR count). The van der Waals surface area contributed by atoms with Crippen LogP contribution in [0.1, 0.15) is 26.2 Å². The van der Waals surface area contributed by atoms with Gasteiger partial charge in [0, 0.05) is 37.7 Å². The fourth-order valence-electron chi connectivity index (χ4n) is 3.37. The molecule has 1 heterocycles. The van der Waals surface area contributed by atoms with Crippen LogP contribution in [0.15, 0.2) is 48.5 Å². The Kier molecular flexibility index (Phi) is 5.66. The van der Waals surface area contributed by atoms with Gasteiger partial charge < -0.3 is 10.2 Å². The molecule has 0 spiro atoms. The maximum Gasteiger partial charge on any atom is 0.224 e. The van der Waals surface area contributed by atoms with E-state index in [1.54, 1.807) is 19.1 Å². The minimum atomic E-state index is -0.358. The Bertz CT molecular complexity index is 784. The second-order valence-electron chi connectivity index (χ2n) is 6.76. The van der Waals surface area contributed by atoms with Crippen LogP contribution in [0.5, 0.6) is 0 Å². The van der Waals surface area contributed by atoms with Crippen molar-refractivity contribution in [1.29, 1.82) is 0 Å². The van der Waals surface area contributed by atoms with E-state index in [2.05, 4.69) is 5.32 Å². The predicted molar refractivity (Wildman–Crippen MR) is 100 cm³/mol. The molecular weight excluding hydrogens is 331 g/mol. The van der Waals surface area contributed by atoms with Crippen molar-refractivity contribution in [2.45, 2.75) is 26.2 Å². The molecule has 2 amide bonds. The summed E-state index contributed by atoms with van der Waals surface area (Å²) in [6, 6.07) is 14.1. The number of anilines is 1. The third-order valence-corrected chi connectivity index (χ3v) is 4.87. The number of likely N-dealkylation sites (tertiary alicyclic amines) is 1. The van der Waals surface area contributed by atoms with Gasteiger partial charge in [-0.1, -0.05) is 30.3 Å². The molecule has 1 aliphatic rings. The van der Waals surface area contributed by atoms with Crippen LogP contribution in [0.3, 0.4) is 0 Å². The number of carbonyl (C=O) groups is 2. The number of nitrogens with one attached hydrogen (secondary N) is 1. The molecule has 26 heavy (non-hydrogen) atoms. The summed E-state index contributed by atoms with van der Waals surface area (Å²) in [5.74, 6) is -0.122. The summed E-state index contributed by atoms with van der Waals surface area (Å²) < 4.78 is 14.4. The number of hydrogen-bond acceptors (Lipinski definition) is 2. The smallest absolute Gasteiger partial charge is 0.224 e. The molecule has 2 aromatic carbocycles. The Hall–Kier alpha value is -2.69. The molecule has 136 valence electrons. The topological polar surface area (TPSA) is 49.4 Å². The van der Waals surface area contributed by atoms with Crippen LogP contribution in [0, 0.1) is 11.7 Å². The Morgan fingerprint density at radius 2 is 1.81 bits per heavy atom. The molecule has 1 fully saturated rings. The number of nitrogens with zero attached hydrogens (tertiary/aromatic N) is 1. The van der Waals surface area contributed by atoms with Crippen LogP contribution >= 0.6 is 0 Å². The highest BCUT2D eigenvalue weighted by molar-refractivity contribution is 5.91. The summed E-state index contributed by atoms with van der Waals surface area (Å²) in [5, 5.41) is 2.78. The number of hydrogen-bond donors (Lipinski definition) is 1. The summed E-state index contributed by atoms with van der Waals surface area (Å²) in [4.78, 5) is 25.4. The maximum atomic E-state index is 14.4. The third-order valence-electron chi connectivity index (χ3n) is 4.87.